The standard InChI is InChI=1S/C15H18N2O3S/c1-11-9-16-15(21-10-14(18)19)17(11)13-6-4-3-5-12(13)7-8-20-2/h3-6,9H,7-8,10H2,1-2H3,(H,18,19). The number of ether oxygens (including phenoxy) is 1. The van der Waals surface area contributed by atoms with Gasteiger partial charge in [0, 0.05) is 19.0 Å². The number of hydrogen-bond donors (Lipinski definition) is 1. The van der Waals surface area contributed by atoms with Crippen LogP contribution < -0.4 is 0 Å². The molecule has 2 aromatic rings. The Hall–Kier alpha value is -1.79. The minimum atomic E-state index is -0.847. The van der Waals surface area contributed by atoms with Gasteiger partial charge in [-0.2, -0.15) is 0 Å². The van der Waals surface area contributed by atoms with Gasteiger partial charge in [-0.1, -0.05) is 30.0 Å². The summed E-state index contributed by atoms with van der Waals surface area (Å²) in [6, 6.07) is 8.03. The first-order chi connectivity index (χ1) is 10.1. The lowest BCUT2D eigenvalue weighted by Crippen LogP contribution is -2.06. The van der Waals surface area contributed by atoms with Crippen molar-refractivity contribution >= 4 is 17.7 Å². The molecular weight excluding hydrogens is 288 g/mol. The van der Waals surface area contributed by atoms with E-state index in [9.17, 15) is 4.79 Å². The van der Waals surface area contributed by atoms with E-state index in [0.29, 0.717) is 11.8 Å². The van der Waals surface area contributed by atoms with Crippen LogP contribution in [0.1, 0.15) is 11.3 Å². The number of benzene rings is 1. The van der Waals surface area contributed by atoms with Gasteiger partial charge in [0.1, 0.15) is 0 Å². The van der Waals surface area contributed by atoms with Crippen LogP contribution in [-0.2, 0) is 16.0 Å². The zero-order valence-electron chi connectivity index (χ0n) is 12.1. The average molecular weight is 306 g/mol. The van der Waals surface area contributed by atoms with E-state index in [1.807, 2.05) is 29.7 Å². The number of nitrogens with zero attached hydrogens (tertiary/aromatic N) is 2. The molecule has 1 N–H and O–H groups in total. The number of aromatic nitrogens is 2. The molecular formula is C15H18N2O3S. The topological polar surface area (TPSA) is 64.4 Å². The van der Waals surface area contributed by atoms with Gasteiger partial charge in [-0.25, -0.2) is 4.98 Å². The summed E-state index contributed by atoms with van der Waals surface area (Å²) in [5.74, 6) is -0.851. The third-order valence-corrected chi connectivity index (χ3v) is 3.98. The Morgan fingerprint density at radius 3 is 2.90 bits per heavy atom. The first kappa shape index (κ1) is 15.6. The number of hydrogen-bond acceptors (Lipinski definition) is 4. The van der Waals surface area contributed by atoms with Gasteiger partial charge < -0.3 is 9.84 Å². The third kappa shape index (κ3) is 3.86. The van der Waals surface area contributed by atoms with Crippen molar-refractivity contribution in [3.05, 3.63) is 41.7 Å². The maximum atomic E-state index is 10.8. The van der Waals surface area contributed by atoms with Crippen LogP contribution in [0.3, 0.4) is 0 Å². The monoisotopic (exact) mass is 306 g/mol. The zero-order valence-corrected chi connectivity index (χ0v) is 12.9. The molecule has 0 saturated carbocycles. The number of para-hydroxylation sites is 1. The Morgan fingerprint density at radius 2 is 2.19 bits per heavy atom. The zero-order chi connectivity index (χ0) is 15.2. The maximum absolute atomic E-state index is 10.8. The van der Waals surface area contributed by atoms with Gasteiger partial charge >= 0.3 is 5.97 Å². The van der Waals surface area contributed by atoms with E-state index in [-0.39, 0.29) is 5.75 Å². The fourth-order valence-corrected chi connectivity index (χ4v) is 2.84. The lowest BCUT2D eigenvalue weighted by molar-refractivity contribution is -0.133. The predicted molar refractivity (Wildman–Crippen MR) is 82.2 cm³/mol. The second-order valence-electron chi connectivity index (χ2n) is 4.57. The Balaban J connectivity index is 2.37. The summed E-state index contributed by atoms with van der Waals surface area (Å²) in [5.41, 5.74) is 3.16. The van der Waals surface area contributed by atoms with E-state index >= 15 is 0 Å². The van der Waals surface area contributed by atoms with Crippen LogP contribution in [0.15, 0.2) is 35.6 Å². The van der Waals surface area contributed by atoms with Crippen LogP contribution in [0.4, 0.5) is 0 Å². The summed E-state index contributed by atoms with van der Waals surface area (Å²) in [6.45, 7) is 2.60. The summed E-state index contributed by atoms with van der Waals surface area (Å²) in [6.07, 6.45) is 2.56. The minimum Gasteiger partial charge on any atom is -0.481 e. The van der Waals surface area contributed by atoms with E-state index in [1.165, 1.54) is 11.8 Å². The van der Waals surface area contributed by atoms with Crippen molar-refractivity contribution < 1.29 is 14.6 Å². The molecule has 1 aromatic carbocycles. The molecule has 21 heavy (non-hydrogen) atoms. The van der Waals surface area contributed by atoms with E-state index in [4.69, 9.17) is 9.84 Å². The van der Waals surface area contributed by atoms with Gasteiger partial charge in [0.15, 0.2) is 5.16 Å². The van der Waals surface area contributed by atoms with Gasteiger partial charge in [-0.15, -0.1) is 0 Å². The first-order valence-corrected chi connectivity index (χ1v) is 7.58. The van der Waals surface area contributed by atoms with Gasteiger partial charge in [0.05, 0.1) is 18.0 Å². The normalized spacial score (nSPS) is 10.8. The molecule has 1 aromatic heterocycles. The number of carboxylic acids is 1. The third-order valence-electron chi connectivity index (χ3n) is 3.04. The maximum Gasteiger partial charge on any atom is 0.313 e. The smallest absolute Gasteiger partial charge is 0.313 e. The summed E-state index contributed by atoms with van der Waals surface area (Å²) in [5, 5.41) is 9.53. The second-order valence-corrected chi connectivity index (χ2v) is 5.51. The van der Waals surface area contributed by atoms with Crippen molar-refractivity contribution in [1.82, 2.24) is 9.55 Å². The van der Waals surface area contributed by atoms with E-state index < -0.39 is 5.97 Å². The number of methoxy groups -OCH3 is 1. The summed E-state index contributed by atoms with van der Waals surface area (Å²) >= 11 is 1.22. The van der Waals surface area contributed by atoms with E-state index in [2.05, 4.69) is 11.1 Å². The van der Waals surface area contributed by atoms with E-state index in [1.54, 1.807) is 13.3 Å². The highest BCUT2D eigenvalue weighted by molar-refractivity contribution is 7.99. The summed E-state index contributed by atoms with van der Waals surface area (Å²) in [7, 11) is 1.68. The molecule has 0 bridgehead atoms. The van der Waals surface area contributed by atoms with Crippen LogP contribution in [-0.4, -0.2) is 40.1 Å². The highest BCUT2D eigenvalue weighted by Crippen LogP contribution is 2.25. The lowest BCUT2D eigenvalue weighted by atomic mass is 10.1. The summed E-state index contributed by atoms with van der Waals surface area (Å²) < 4.78 is 7.15. The van der Waals surface area contributed by atoms with Crippen LogP contribution >= 0.6 is 11.8 Å². The Labute approximate surface area is 128 Å². The number of aliphatic carboxylic acids is 1. The SMILES string of the molecule is COCCc1ccccc1-n1c(C)cnc1SCC(=O)O. The van der Waals surface area contributed by atoms with Crippen LogP contribution in [0.5, 0.6) is 0 Å². The molecule has 5 nitrogen and oxygen atoms in total. The van der Waals surface area contributed by atoms with Crippen molar-refractivity contribution in [2.75, 3.05) is 19.5 Å². The molecule has 1 heterocycles. The number of rotatable bonds is 7. The number of carboxylic acid groups (broad SMARTS) is 1. The number of imidazole rings is 1. The first-order valence-electron chi connectivity index (χ1n) is 6.59. The average Bonchev–Trinajstić information content (AvgIpc) is 2.84. The Bertz CT molecular complexity index is 625. The van der Waals surface area contributed by atoms with Crippen LogP contribution in [0.25, 0.3) is 5.69 Å². The molecule has 0 unspecified atom stereocenters. The highest BCUT2D eigenvalue weighted by Gasteiger charge is 2.13. The number of carbonyl (C=O) groups is 1. The molecule has 112 valence electrons. The number of aryl methyl sites for hydroxylation is 1. The Kier molecular flexibility index (Phi) is 5.41. The van der Waals surface area contributed by atoms with Gasteiger partial charge in [0.2, 0.25) is 0 Å². The van der Waals surface area contributed by atoms with Crippen molar-refractivity contribution in [3.63, 3.8) is 0 Å². The molecule has 0 radical (unpaired) electrons. The molecule has 6 heteroatoms. The molecule has 0 fully saturated rings. The second kappa shape index (κ2) is 7.28. The molecule has 0 aliphatic rings. The number of thioether (sulfide) groups is 1. The van der Waals surface area contributed by atoms with Crippen molar-refractivity contribution in [3.8, 4) is 5.69 Å². The van der Waals surface area contributed by atoms with Gasteiger partial charge in [0.25, 0.3) is 0 Å². The van der Waals surface area contributed by atoms with E-state index in [0.717, 1.165) is 23.4 Å². The molecule has 2 rings (SSSR count). The largest absolute Gasteiger partial charge is 0.481 e. The van der Waals surface area contributed by atoms with Crippen LogP contribution in [0, 0.1) is 6.92 Å². The minimum absolute atomic E-state index is 0.00328. The molecule has 0 atom stereocenters. The highest BCUT2D eigenvalue weighted by atomic mass is 32.2. The van der Waals surface area contributed by atoms with Crippen molar-refractivity contribution in [2.45, 2.75) is 18.5 Å². The molecule has 0 saturated heterocycles. The predicted octanol–water partition coefficient (Wildman–Crippen LogP) is 2.55. The fourth-order valence-electron chi connectivity index (χ4n) is 2.09. The molecule has 0 amide bonds. The fraction of sp³-hybridized carbons (Fsp3) is 0.333. The van der Waals surface area contributed by atoms with Crippen molar-refractivity contribution in [2.24, 2.45) is 0 Å². The van der Waals surface area contributed by atoms with Gasteiger partial charge in [-0.3, -0.25) is 9.36 Å². The van der Waals surface area contributed by atoms with Crippen LogP contribution in [0.2, 0.25) is 0 Å². The van der Waals surface area contributed by atoms with Gasteiger partial charge in [-0.05, 0) is 25.0 Å². The lowest BCUT2D eigenvalue weighted by Gasteiger charge is -2.14. The van der Waals surface area contributed by atoms with Crippen molar-refractivity contribution in [1.29, 1.82) is 0 Å². The Morgan fingerprint density at radius 1 is 1.43 bits per heavy atom. The quantitative estimate of drug-likeness (QED) is 0.796. The summed E-state index contributed by atoms with van der Waals surface area (Å²) in [4.78, 5) is 15.1. The molecule has 0 spiro atoms. The molecule has 0 aliphatic carbocycles. The molecule has 0 aliphatic heterocycles.